The van der Waals surface area contributed by atoms with Gasteiger partial charge in [0.25, 0.3) is 0 Å². The van der Waals surface area contributed by atoms with Gasteiger partial charge in [-0.25, -0.2) is 0 Å². The normalized spacial score (nSPS) is 12.8. The minimum absolute atomic E-state index is 0.00290. The van der Waals surface area contributed by atoms with Gasteiger partial charge in [0, 0.05) is 30.3 Å². The van der Waals surface area contributed by atoms with Crippen LogP contribution < -0.4 is 5.32 Å². The molecule has 2 atom stereocenters. The summed E-state index contributed by atoms with van der Waals surface area (Å²) in [5.74, 6) is -2.39. The van der Waals surface area contributed by atoms with Crippen molar-refractivity contribution in [2.45, 2.75) is 25.8 Å². The zero-order chi connectivity index (χ0) is 18.2. The number of carbonyl (C=O) groups is 3. The van der Waals surface area contributed by atoms with Crippen molar-refractivity contribution in [3.05, 3.63) is 66.0 Å². The molecular weight excluding hydrogens is 320 g/mol. The Kier molecular flexibility index (Phi) is 6.39. The van der Waals surface area contributed by atoms with Gasteiger partial charge in [-0.1, -0.05) is 30.3 Å². The van der Waals surface area contributed by atoms with E-state index in [2.05, 4.69) is 10.3 Å². The number of pyridine rings is 1. The first-order valence-electron chi connectivity index (χ1n) is 7.97. The first kappa shape index (κ1) is 18.3. The second kappa shape index (κ2) is 8.73. The third kappa shape index (κ3) is 5.53. The molecule has 1 heterocycles. The first-order chi connectivity index (χ1) is 12.0. The molecule has 0 aliphatic rings. The van der Waals surface area contributed by atoms with Gasteiger partial charge in [-0.2, -0.15) is 0 Å². The molecule has 0 aliphatic carbocycles. The summed E-state index contributed by atoms with van der Waals surface area (Å²) in [7, 11) is 0. The van der Waals surface area contributed by atoms with Gasteiger partial charge in [0.15, 0.2) is 5.78 Å². The summed E-state index contributed by atoms with van der Waals surface area (Å²) in [5.41, 5.74) is 1.39. The maximum atomic E-state index is 12.5. The highest BCUT2D eigenvalue weighted by Crippen LogP contribution is 2.16. The van der Waals surface area contributed by atoms with Crippen LogP contribution in [0.5, 0.6) is 0 Å². The molecule has 6 nitrogen and oxygen atoms in total. The van der Waals surface area contributed by atoms with Crippen molar-refractivity contribution in [1.29, 1.82) is 0 Å². The zero-order valence-corrected chi connectivity index (χ0v) is 13.9. The maximum absolute atomic E-state index is 12.5. The van der Waals surface area contributed by atoms with Gasteiger partial charge in [-0.05, 0) is 31.0 Å². The Labute approximate surface area is 145 Å². The number of hydrogen-bond donors (Lipinski definition) is 2. The lowest BCUT2D eigenvalue weighted by Gasteiger charge is -2.18. The highest BCUT2D eigenvalue weighted by atomic mass is 16.4. The average molecular weight is 340 g/mol. The summed E-state index contributed by atoms with van der Waals surface area (Å²) in [6.45, 7) is 1.39. The highest BCUT2D eigenvalue weighted by Gasteiger charge is 2.25. The fourth-order valence-electron chi connectivity index (χ4n) is 2.43. The quantitative estimate of drug-likeness (QED) is 0.718. The summed E-state index contributed by atoms with van der Waals surface area (Å²) in [5, 5.41) is 11.4. The lowest BCUT2D eigenvalue weighted by Crippen LogP contribution is -2.42. The smallest absolute Gasteiger partial charge is 0.325 e. The van der Waals surface area contributed by atoms with Crippen LogP contribution in [0.25, 0.3) is 0 Å². The minimum atomic E-state index is -1.12. The third-order valence-corrected chi connectivity index (χ3v) is 3.86. The first-order valence-corrected chi connectivity index (χ1v) is 7.97. The third-order valence-electron chi connectivity index (χ3n) is 3.86. The summed E-state index contributed by atoms with van der Waals surface area (Å²) in [4.78, 5) is 39.8. The number of Topliss-reactive ketones (excluding diaryl/α,β-unsaturated/α-hetero) is 1. The zero-order valence-electron chi connectivity index (χ0n) is 13.9. The second-order valence-corrected chi connectivity index (χ2v) is 5.82. The van der Waals surface area contributed by atoms with Crippen LogP contribution >= 0.6 is 0 Å². The summed E-state index contributed by atoms with van der Waals surface area (Å²) >= 11 is 0. The Morgan fingerprint density at radius 2 is 1.72 bits per heavy atom. The molecule has 1 aromatic heterocycles. The van der Waals surface area contributed by atoms with E-state index in [4.69, 9.17) is 5.11 Å². The van der Waals surface area contributed by atoms with Gasteiger partial charge in [0.05, 0.1) is 0 Å². The molecule has 1 aromatic carbocycles. The largest absolute Gasteiger partial charge is 0.480 e. The van der Waals surface area contributed by atoms with Crippen LogP contribution in [0, 0.1) is 5.92 Å². The van der Waals surface area contributed by atoms with Crippen LogP contribution in [0.1, 0.15) is 29.3 Å². The molecule has 0 aliphatic heterocycles. The number of benzene rings is 1. The van der Waals surface area contributed by atoms with Crippen LogP contribution in [0.15, 0.2) is 54.9 Å². The number of aliphatic carboxylic acids is 1. The lowest BCUT2D eigenvalue weighted by molar-refractivity contribution is -0.141. The van der Waals surface area contributed by atoms with Gasteiger partial charge in [0.1, 0.15) is 6.04 Å². The monoisotopic (exact) mass is 340 g/mol. The molecule has 0 spiro atoms. The Hall–Kier alpha value is -3.02. The summed E-state index contributed by atoms with van der Waals surface area (Å²) in [6.07, 6.45) is 3.39. The van der Waals surface area contributed by atoms with Crippen molar-refractivity contribution >= 4 is 17.7 Å². The molecule has 0 fully saturated rings. The number of nitrogens with zero attached hydrogens (tertiary/aromatic N) is 1. The molecule has 6 heteroatoms. The number of carboxylic acids is 1. The molecule has 0 saturated heterocycles. The topological polar surface area (TPSA) is 96.4 Å². The number of aromatic nitrogens is 1. The molecule has 25 heavy (non-hydrogen) atoms. The van der Waals surface area contributed by atoms with E-state index in [1.807, 2.05) is 30.3 Å². The van der Waals surface area contributed by atoms with E-state index in [0.717, 1.165) is 5.56 Å². The van der Waals surface area contributed by atoms with E-state index in [1.54, 1.807) is 12.1 Å². The van der Waals surface area contributed by atoms with Crippen molar-refractivity contribution in [3.8, 4) is 0 Å². The Morgan fingerprint density at radius 1 is 1.08 bits per heavy atom. The van der Waals surface area contributed by atoms with Crippen LogP contribution in [0.2, 0.25) is 0 Å². The van der Waals surface area contributed by atoms with E-state index >= 15 is 0 Å². The molecule has 0 bridgehead atoms. The van der Waals surface area contributed by atoms with Crippen LogP contribution in [0.4, 0.5) is 0 Å². The number of rotatable bonds is 8. The molecule has 0 radical (unpaired) electrons. The van der Waals surface area contributed by atoms with Gasteiger partial charge in [-0.3, -0.25) is 19.4 Å². The number of carboxylic acid groups (broad SMARTS) is 1. The van der Waals surface area contributed by atoms with Crippen molar-refractivity contribution in [2.75, 3.05) is 0 Å². The van der Waals surface area contributed by atoms with Gasteiger partial charge in [0.2, 0.25) is 5.91 Å². The van der Waals surface area contributed by atoms with Crippen molar-refractivity contribution in [3.63, 3.8) is 0 Å². The molecule has 130 valence electrons. The number of nitrogens with one attached hydrogen (secondary N) is 1. The molecule has 1 amide bonds. The molecule has 2 N–H and O–H groups in total. The van der Waals surface area contributed by atoms with Crippen molar-refractivity contribution in [2.24, 2.45) is 5.92 Å². The van der Waals surface area contributed by atoms with Crippen molar-refractivity contribution in [1.82, 2.24) is 10.3 Å². The highest BCUT2D eigenvalue weighted by molar-refractivity contribution is 5.98. The molecular formula is C19H20N2O4. The fraction of sp³-hybridized carbons (Fsp3) is 0.263. The average Bonchev–Trinajstić information content (AvgIpc) is 2.62. The molecule has 2 aromatic rings. The molecule has 0 saturated carbocycles. The maximum Gasteiger partial charge on any atom is 0.325 e. The Bertz CT molecular complexity index is 732. The van der Waals surface area contributed by atoms with E-state index < -0.39 is 23.8 Å². The van der Waals surface area contributed by atoms with E-state index in [1.165, 1.54) is 19.3 Å². The van der Waals surface area contributed by atoms with Gasteiger partial charge < -0.3 is 10.4 Å². The van der Waals surface area contributed by atoms with Crippen LogP contribution in [-0.2, 0) is 16.0 Å². The van der Waals surface area contributed by atoms with E-state index in [-0.39, 0.29) is 12.2 Å². The number of amides is 1. The SMILES string of the molecule is C[C@H](NC(=O)[C@@H](CC(=O)c1ccncc1)Cc1ccccc1)C(=O)O. The predicted molar refractivity (Wildman–Crippen MR) is 92.1 cm³/mol. The van der Waals surface area contributed by atoms with Crippen molar-refractivity contribution < 1.29 is 19.5 Å². The molecule has 0 unspecified atom stereocenters. The second-order valence-electron chi connectivity index (χ2n) is 5.82. The van der Waals surface area contributed by atoms with E-state index in [0.29, 0.717) is 12.0 Å². The van der Waals surface area contributed by atoms with E-state index in [9.17, 15) is 14.4 Å². The minimum Gasteiger partial charge on any atom is -0.480 e. The van der Waals surface area contributed by atoms with Crippen LogP contribution in [0.3, 0.4) is 0 Å². The lowest BCUT2D eigenvalue weighted by atomic mass is 9.91. The summed E-state index contributed by atoms with van der Waals surface area (Å²) < 4.78 is 0. The number of ketones is 1. The van der Waals surface area contributed by atoms with Gasteiger partial charge in [-0.15, -0.1) is 0 Å². The predicted octanol–water partition coefficient (Wildman–Crippen LogP) is 2.10. The molecule has 2 rings (SSSR count). The number of hydrogen-bond acceptors (Lipinski definition) is 4. The van der Waals surface area contributed by atoms with Crippen LogP contribution in [-0.4, -0.2) is 33.8 Å². The standard InChI is InChI=1S/C19H20N2O4/c1-13(19(24)25)21-18(23)16(11-14-5-3-2-4-6-14)12-17(22)15-7-9-20-10-8-15/h2-10,13,16H,11-12H2,1H3,(H,21,23)(H,24,25)/t13-,16+/m0/s1. The Balaban J connectivity index is 2.15. The summed E-state index contributed by atoms with van der Waals surface area (Å²) in [6, 6.07) is 11.5. The fourth-order valence-corrected chi connectivity index (χ4v) is 2.43. The number of carbonyl (C=O) groups excluding carboxylic acids is 2. The Morgan fingerprint density at radius 3 is 2.32 bits per heavy atom. The van der Waals surface area contributed by atoms with Gasteiger partial charge >= 0.3 is 5.97 Å².